The molecule has 0 saturated heterocycles. The lowest BCUT2D eigenvalue weighted by molar-refractivity contribution is 0.0936. The van der Waals surface area contributed by atoms with Crippen molar-refractivity contribution in [2.45, 2.75) is 6.92 Å². The first-order valence-electron chi connectivity index (χ1n) is 5.00. The summed E-state index contributed by atoms with van der Waals surface area (Å²) >= 11 is 0. The van der Waals surface area contributed by atoms with Gasteiger partial charge >= 0.3 is 6.09 Å². The highest BCUT2D eigenvalue weighted by Gasteiger charge is 2.07. The molecular formula is C11H14N2O4. The third-order valence-corrected chi connectivity index (χ3v) is 2.10. The minimum absolute atomic E-state index is 0.0128. The lowest BCUT2D eigenvalue weighted by Crippen LogP contribution is -2.28. The summed E-state index contributed by atoms with van der Waals surface area (Å²) in [5.74, 6) is -0.292. The average molecular weight is 238 g/mol. The molecule has 0 heterocycles. The van der Waals surface area contributed by atoms with Gasteiger partial charge in [0, 0.05) is 5.56 Å². The summed E-state index contributed by atoms with van der Waals surface area (Å²) in [7, 11) is 0. The number of carbonyl (C=O) groups excluding carboxylic acids is 2. The van der Waals surface area contributed by atoms with Gasteiger partial charge in [-0.05, 0) is 24.6 Å². The van der Waals surface area contributed by atoms with Crippen LogP contribution in [0.25, 0.3) is 0 Å². The quantitative estimate of drug-likeness (QED) is 0.666. The van der Waals surface area contributed by atoms with E-state index in [1.54, 1.807) is 19.1 Å². The standard InChI is InChI=1S/C11H14N2O4/c1-7-2-3-8(6-9(7)14)10(15)13-4-5-17-11(12)16/h2-3,6,14H,4-5H2,1H3,(H2,12,16)(H,13,15). The summed E-state index contributed by atoms with van der Waals surface area (Å²) in [6, 6.07) is 4.61. The van der Waals surface area contributed by atoms with E-state index >= 15 is 0 Å². The lowest BCUT2D eigenvalue weighted by atomic mass is 10.1. The van der Waals surface area contributed by atoms with Crippen molar-refractivity contribution in [2.75, 3.05) is 13.2 Å². The van der Waals surface area contributed by atoms with E-state index in [4.69, 9.17) is 5.73 Å². The van der Waals surface area contributed by atoms with Gasteiger partial charge in [-0.15, -0.1) is 0 Å². The van der Waals surface area contributed by atoms with Gasteiger partial charge < -0.3 is 20.9 Å². The SMILES string of the molecule is Cc1ccc(C(=O)NCCOC(N)=O)cc1O. The molecule has 6 nitrogen and oxygen atoms in total. The second kappa shape index (κ2) is 5.74. The summed E-state index contributed by atoms with van der Waals surface area (Å²) in [5, 5.41) is 11.9. The molecule has 0 atom stereocenters. The highest BCUT2D eigenvalue weighted by Crippen LogP contribution is 2.17. The van der Waals surface area contributed by atoms with Crippen molar-refractivity contribution in [1.82, 2.24) is 5.32 Å². The molecule has 1 rings (SSSR count). The Kier molecular flexibility index (Phi) is 4.33. The largest absolute Gasteiger partial charge is 0.508 e. The first-order chi connectivity index (χ1) is 8.00. The minimum atomic E-state index is -0.882. The second-order valence-corrected chi connectivity index (χ2v) is 3.42. The Bertz CT molecular complexity index is 431. The van der Waals surface area contributed by atoms with Gasteiger partial charge in [0.2, 0.25) is 0 Å². The zero-order valence-electron chi connectivity index (χ0n) is 9.40. The number of amides is 2. The number of primary amides is 1. The molecule has 0 aliphatic rings. The van der Waals surface area contributed by atoms with Gasteiger partial charge in [0.05, 0.1) is 6.54 Å². The third kappa shape index (κ3) is 4.02. The summed E-state index contributed by atoms with van der Waals surface area (Å²) in [5.41, 5.74) is 5.78. The molecule has 92 valence electrons. The number of phenols is 1. The number of nitrogens with one attached hydrogen (secondary N) is 1. The van der Waals surface area contributed by atoms with E-state index in [0.29, 0.717) is 11.1 Å². The maximum absolute atomic E-state index is 11.6. The van der Waals surface area contributed by atoms with Crippen molar-refractivity contribution >= 4 is 12.0 Å². The Morgan fingerprint density at radius 2 is 2.18 bits per heavy atom. The van der Waals surface area contributed by atoms with Crippen molar-refractivity contribution in [3.8, 4) is 5.75 Å². The molecule has 1 aromatic carbocycles. The van der Waals surface area contributed by atoms with Crippen LogP contribution in [0, 0.1) is 6.92 Å². The van der Waals surface area contributed by atoms with Crippen molar-refractivity contribution in [2.24, 2.45) is 5.73 Å². The van der Waals surface area contributed by atoms with Crippen LogP contribution in [0.5, 0.6) is 5.75 Å². The van der Waals surface area contributed by atoms with Gasteiger partial charge in [0.1, 0.15) is 12.4 Å². The van der Waals surface area contributed by atoms with E-state index in [1.807, 2.05) is 0 Å². The monoisotopic (exact) mass is 238 g/mol. The van der Waals surface area contributed by atoms with Crippen molar-refractivity contribution < 1.29 is 19.4 Å². The number of phenolic OH excluding ortho intramolecular Hbond substituents is 1. The zero-order valence-corrected chi connectivity index (χ0v) is 9.40. The smallest absolute Gasteiger partial charge is 0.404 e. The number of rotatable bonds is 4. The summed E-state index contributed by atoms with van der Waals surface area (Å²) < 4.78 is 4.45. The molecule has 17 heavy (non-hydrogen) atoms. The maximum atomic E-state index is 11.6. The number of hydrogen-bond donors (Lipinski definition) is 3. The van der Waals surface area contributed by atoms with Crippen LogP contribution in [0.4, 0.5) is 4.79 Å². The maximum Gasteiger partial charge on any atom is 0.404 e. The number of aromatic hydroxyl groups is 1. The van der Waals surface area contributed by atoms with Crippen molar-refractivity contribution in [1.29, 1.82) is 0 Å². The van der Waals surface area contributed by atoms with Crippen molar-refractivity contribution in [3.63, 3.8) is 0 Å². The molecule has 6 heteroatoms. The molecule has 0 fully saturated rings. The molecule has 0 unspecified atom stereocenters. The van der Waals surface area contributed by atoms with Crippen LogP contribution in [0.1, 0.15) is 15.9 Å². The molecule has 0 radical (unpaired) electrons. The summed E-state index contributed by atoms with van der Waals surface area (Å²) in [4.78, 5) is 21.8. The molecule has 0 spiro atoms. The van der Waals surface area contributed by atoms with Gasteiger partial charge in [-0.3, -0.25) is 4.79 Å². The molecule has 0 bridgehead atoms. The lowest BCUT2D eigenvalue weighted by Gasteiger charge is -2.06. The van der Waals surface area contributed by atoms with Gasteiger partial charge in [-0.2, -0.15) is 0 Å². The Balaban J connectivity index is 2.47. The van der Waals surface area contributed by atoms with Crippen LogP contribution < -0.4 is 11.1 Å². The molecular weight excluding hydrogens is 224 g/mol. The molecule has 2 amide bonds. The molecule has 1 aromatic rings. The zero-order chi connectivity index (χ0) is 12.8. The number of ether oxygens (including phenoxy) is 1. The first kappa shape index (κ1) is 12.8. The number of benzene rings is 1. The normalized spacial score (nSPS) is 9.71. The van der Waals surface area contributed by atoms with Gasteiger partial charge in [0.15, 0.2) is 0 Å². The first-order valence-corrected chi connectivity index (χ1v) is 5.00. The molecule has 4 N–H and O–H groups in total. The van der Waals surface area contributed by atoms with Gasteiger partial charge in [-0.25, -0.2) is 4.79 Å². The second-order valence-electron chi connectivity index (χ2n) is 3.42. The Labute approximate surface area is 98.4 Å². The average Bonchev–Trinajstić information content (AvgIpc) is 2.27. The summed E-state index contributed by atoms with van der Waals surface area (Å²) in [6.07, 6.45) is -0.882. The number of carbonyl (C=O) groups is 2. The highest BCUT2D eigenvalue weighted by molar-refractivity contribution is 5.94. The summed E-state index contributed by atoms with van der Waals surface area (Å²) in [6.45, 7) is 1.91. The van der Waals surface area contributed by atoms with E-state index in [0.717, 1.165) is 0 Å². The van der Waals surface area contributed by atoms with E-state index in [1.165, 1.54) is 6.07 Å². The van der Waals surface area contributed by atoms with Crippen LogP contribution in [-0.2, 0) is 4.74 Å². The fraction of sp³-hybridized carbons (Fsp3) is 0.273. The van der Waals surface area contributed by atoms with Crippen LogP contribution in [-0.4, -0.2) is 30.3 Å². The van der Waals surface area contributed by atoms with E-state index in [-0.39, 0.29) is 24.8 Å². The highest BCUT2D eigenvalue weighted by atomic mass is 16.5. The predicted molar refractivity (Wildman–Crippen MR) is 60.7 cm³/mol. The van der Waals surface area contributed by atoms with E-state index in [9.17, 15) is 14.7 Å². The third-order valence-electron chi connectivity index (χ3n) is 2.10. The van der Waals surface area contributed by atoms with Crippen LogP contribution in [0.3, 0.4) is 0 Å². The Morgan fingerprint density at radius 3 is 2.76 bits per heavy atom. The topological polar surface area (TPSA) is 102 Å². The van der Waals surface area contributed by atoms with Crippen LogP contribution in [0.2, 0.25) is 0 Å². The van der Waals surface area contributed by atoms with E-state index < -0.39 is 6.09 Å². The van der Waals surface area contributed by atoms with Crippen LogP contribution >= 0.6 is 0 Å². The molecule has 0 saturated carbocycles. The fourth-order valence-corrected chi connectivity index (χ4v) is 1.17. The molecule has 0 aliphatic carbocycles. The van der Waals surface area contributed by atoms with E-state index in [2.05, 4.69) is 10.1 Å². The van der Waals surface area contributed by atoms with Gasteiger partial charge in [-0.1, -0.05) is 6.07 Å². The Morgan fingerprint density at radius 1 is 1.47 bits per heavy atom. The number of aryl methyl sites for hydroxylation is 1. The molecule has 0 aromatic heterocycles. The Hall–Kier alpha value is -2.24. The van der Waals surface area contributed by atoms with Crippen LogP contribution in [0.15, 0.2) is 18.2 Å². The van der Waals surface area contributed by atoms with Crippen molar-refractivity contribution in [3.05, 3.63) is 29.3 Å². The minimum Gasteiger partial charge on any atom is -0.508 e. The van der Waals surface area contributed by atoms with Gasteiger partial charge in [0.25, 0.3) is 5.91 Å². The number of hydrogen-bond acceptors (Lipinski definition) is 4. The fourth-order valence-electron chi connectivity index (χ4n) is 1.17. The molecule has 0 aliphatic heterocycles. The number of nitrogens with two attached hydrogens (primary N) is 1. The predicted octanol–water partition coefficient (Wildman–Crippen LogP) is 0.526.